The molecule has 14 heavy (non-hydrogen) atoms. The van der Waals surface area contributed by atoms with E-state index in [9.17, 15) is 0 Å². The maximum absolute atomic E-state index is 2.21. The van der Waals surface area contributed by atoms with Crippen LogP contribution in [0.4, 0.5) is 0 Å². The second-order valence-corrected chi connectivity index (χ2v) is 2.71. The Labute approximate surface area is 94.5 Å². The van der Waals surface area contributed by atoms with Gasteiger partial charge >= 0.3 is 0 Å². The number of rotatable bonds is 4. The molecule has 0 N–H and O–H groups in total. The van der Waals surface area contributed by atoms with Crippen molar-refractivity contribution in [2.75, 3.05) is 0 Å². The van der Waals surface area contributed by atoms with Crippen molar-refractivity contribution < 1.29 is 0 Å². The molecule has 0 atom stereocenters. The van der Waals surface area contributed by atoms with Gasteiger partial charge < -0.3 is 0 Å². The van der Waals surface area contributed by atoms with Crippen molar-refractivity contribution in [3.63, 3.8) is 0 Å². The van der Waals surface area contributed by atoms with E-state index in [0.717, 1.165) is 0 Å². The summed E-state index contributed by atoms with van der Waals surface area (Å²) in [5.74, 6) is 0. The van der Waals surface area contributed by atoms with Crippen LogP contribution >= 0.6 is 0 Å². The second-order valence-electron chi connectivity index (χ2n) is 2.71. The first-order chi connectivity index (χ1) is 6.83. The predicted molar refractivity (Wildman–Crippen MR) is 73.1 cm³/mol. The standard InChI is InChI=1S/2C5H12.2C2H6/c2*1-3-5-4-2;2*1-2/h2*3-5H2,1-2H3;2*1-2H3. The number of unbranched alkanes of at least 4 members (excludes halogenated alkanes) is 4. The number of hydrogen-bond acceptors (Lipinski definition) is 0. The Kier molecular flexibility index (Phi) is 87.9. The van der Waals surface area contributed by atoms with Crippen molar-refractivity contribution in [3.8, 4) is 0 Å². The molecule has 0 heterocycles. The van der Waals surface area contributed by atoms with E-state index in [-0.39, 0.29) is 0 Å². The van der Waals surface area contributed by atoms with Crippen LogP contribution in [0.1, 0.15) is 93.9 Å². The molecule has 0 radical (unpaired) electrons. The highest BCUT2D eigenvalue weighted by Crippen LogP contribution is 1.88. The Morgan fingerprint density at radius 1 is 0.429 bits per heavy atom. The summed E-state index contributed by atoms with van der Waals surface area (Å²) in [6, 6.07) is 0. The fraction of sp³-hybridized carbons (Fsp3) is 1.00. The third-order valence-electron chi connectivity index (χ3n) is 1.41. The predicted octanol–water partition coefficient (Wildman–Crippen LogP) is 6.45. The minimum atomic E-state index is 1.34. The Morgan fingerprint density at radius 3 is 0.571 bits per heavy atom. The molecule has 0 bridgehead atoms. The van der Waals surface area contributed by atoms with Gasteiger partial charge in [-0.2, -0.15) is 0 Å². The quantitative estimate of drug-likeness (QED) is 0.494. The van der Waals surface area contributed by atoms with E-state index in [0.29, 0.717) is 0 Å². The fourth-order valence-electron chi connectivity index (χ4n) is 0.707. The van der Waals surface area contributed by atoms with Gasteiger partial charge in [-0.3, -0.25) is 0 Å². The van der Waals surface area contributed by atoms with E-state index in [2.05, 4.69) is 27.7 Å². The monoisotopic (exact) mass is 204 g/mol. The van der Waals surface area contributed by atoms with Crippen LogP contribution in [-0.4, -0.2) is 0 Å². The van der Waals surface area contributed by atoms with Gasteiger partial charge in [-0.1, -0.05) is 93.9 Å². The van der Waals surface area contributed by atoms with Crippen molar-refractivity contribution >= 4 is 0 Å². The van der Waals surface area contributed by atoms with Gasteiger partial charge in [0.25, 0.3) is 0 Å². The Hall–Kier alpha value is 0. The van der Waals surface area contributed by atoms with E-state index in [1.165, 1.54) is 38.5 Å². The van der Waals surface area contributed by atoms with Crippen molar-refractivity contribution in [2.45, 2.75) is 93.9 Å². The SMILES string of the molecule is CC.CC.CCCCC.CCCCC. The van der Waals surface area contributed by atoms with Gasteiger partial charge in [-0.15, -0.1) is 0 Å². The second kappa shape index (κ2) is 52.0. The lowest BCUT2D eigenvalue weighted by Crippen LogP contribution is -1.59. The molecule has 0 rings (SSSR count). The van der Waals surface area contributed by atoms with Crippen LogP contribution in [0.2, 0.25) is 0 Å². The van der Waals surface area contributed by atoms with E-state index in [4.69, 9.17) is 0 Å². The van der Waals surface area contributed by atoms with E-state index >= 15 is 0 Å². The van der Waals surface area contributed by atoms with E-state index in [1.807, 2.05) is 27.7 Å². The first kappa shape index (κ1) is 23.7. The smallest absolute Gasteiger partial charge is 0.0538 e. The van der Waals surface area contributed by atoms with Crippen molar-refractivity contribution in [1.29, 1.82) is 0 Å². The molecule has 0 aromatic carbocycles. The summed E-state index contributed by atoms with van der Waals surface area (Å²) in [6.45, 7) is 16.8. The van der Waals surface area contributed by atoms with Crippen LogP contribution in [0.5, 0.6) is 0 Å². The molecule has 0 saturated carbocycles. The largest absolute Gasteiger partial charge is 0.0683 e. The first-order valence-electron chi connectivity index (χ1n) is 6.83. The van der Waals surface area contributed by atoms with Gasteiger partial charge in [0.2, 0.25) is 0 Å². The van der Waals surface area contributed by atoms with E-state index < -0.39 is 0 Å². The lowest BCUT2D eigenvalue weighted by Gasteiger charge is -1.79. The van der Waals surface area contributed by atoms with Crippen LogP contribution in [-0.2, 0) is 0 Å². The molecule has 92 valence electrons. The lowest BCUT2D eigenvalue weighted by atomic mass is 10.3. The van der Waals surface area contributed by atoms with Gasteiger partial charge in [0.1, 0.15) is 0 Å². The summed E-state index contributed by atoms with van der Waals surface area (Å²) in [5.41, 5.74) is 0. The van der Waals surface area contributed by atoms with Gasteiger partial charge in [0.15, 0.2) is 0 Å². The zero-order valence-electron chi connectivity index (χ0n) is 12.2. The molecule has 0 spiro atoms. The van der Waals surface area contributed by atoms with Crippen LogP contribution in [0.3, 0.4) is 0 Å². The Balaban J connectivity index is -0.0000000528. The summed E-state index contributed by atoms with van der Waals surface area (Å²) in [5, 5.41) is 0. The third kappa shape index (κ3) is 90.8. The molecule has 0 saturated heterocycles. The molecule has 0 nitrogen and oxygen atoms in total. The van der Waals surface area contributed by atoms with Gasteiger partial charge in [0, 0.05) is 0 Å². The van der Waals surface area contributed by atoms with Crippen molar-refractivity contribution in [1.82, 2.24) is 0 Å². The van der Waals surface area contributed by atoms with Crippen LogP contribution in [0.25, 0.3) is 0 Å². The molecular formula is C14H36. The minimum absolute atomic E-state index is 1.34. The maximum Gasteiger partial charge on any atom is -0.0538 e. The fourth-order valence-corrected chi connectivity index (χ4v) is 0.707. The maximum atomic E-state index is 2.21. The lowest BCUT2D eigenvalue weighted by molar-refractivity contribution is 0.772. The average molecular weight is 204 g/mol. The highest BCUT2D eigenvalue weighted by Gasteiger charge is 1.68. The third-order valence-corrected chi connectivity index (χ3v) is 1.41. The molecule has 0 aromatic heterocycles. The summed E-state index contributed by atoms with van der Waals surface area (Å²) in [6.07, 6.45) is 8.15. The zero-order valence-corrected chi connectivity index (χ0v) is 12.2. The molecule has 0 aromatic rings. The topological polar surface area (TPSA) is 0 Å². The summed E-state index contributed by atoms with van der Waals surface area (Å²) in [7, 11) is 0. The molecule has 0 aliphatic carbocycles. The Morgan fingerprint density at radius 2 is 0.571 bits per heavy atom. The van der Waals surface area contributed by atoms with E-state index in [1.54, 1.807) is 0 Å². The van der Waals surface area contributed by atoms with Crippen molar-refractivity contribution in [3.05, 3.63) is 0 Å². The average Bonchev–Trinajstić information content (AvgIpc) is 2.27. The Bertz CT molecular complexity index is 21.0. The van der Waals surface area contributed by atoms with Crippen LogP contribution < -0.4 is 0 Å². The summed E-state index contributed by atoms with van der Waals surface area (Å²) < 4.78 is 0. The molecule has 0 fully saturated rings. The number of hydrogen-bond donors (Lipinski definition) is 0. The minimum Gasteiger partial charge on any atom is -0.0683 e. The first-order valence-corrected chi connectivity index (χ1v) is 6.83. The van der Waals surface area contributed by atoms with Gasteiger partial charge in [-0.05, 0) is 0 Å². The molecular weight excluding hydrogens is 168 g/mol. The summed E-state index contributed by atoms with van der Waals surface area (Å²) in [4.78, 5) is 0. The van der Waals surface area contributed by atoms with Gasteiger partial charge in [0.05, 0.1) is 0 Å². The molecule has 0 amide bonds. The molecule has 0 heteroatoms. The van der Waals surface area contributed by atoms with Gasteiger partial charge in [-0.25, -0.2) is 0 Å². The molecule has 0 aliphatic rings. The summed E-state index contributed by atoms with van der Waals surface area (Å²) >= 11 is 0. The highest BCUT2D eigenvalue weighted by atomic mass is 13.7. The van der Waals surface area contributed by atoms with Crippen LogP contribution in [0, 0.1) is 0 Å². The normalized spacial score (nSPS) is 6.86. The van der Waals surface area contributed by atoms with Crippen LogP contribution in [0.15, 0.2) is 0 Å². The molecule has 0 unspecified atom stereocenters. The molecule has 0 aliphatic heterocycles. The van der Waals surface area contributed by atoms with Crippen molar-refractivity contribution in [2.24, 2.45) is 0 Å². The zero-order chi connectivity index (χ0) is 12.2. The highest BCUT2D eigenvalue weighted by molar-refractivity contribution is 4.24.